The molecule has 1 aliphatic rings. The maximum atomic E-state index is 12.6. The number of hydrogen-bond acceptors (Lipinski definition) is 4. The van der Waals surface area contributed by atoms with Gasteiger partial charge in [0.15, 0.2) is 0 Å². The first-order valence-electron chi connectivity index (χ1n) is 7.77. The highest BCUT2D eigenvalue weighted by atomic mass is 32.1. The normalized spacial score (nSPS) is 22.2. The van der Waals surface area contributed by atoms with Crippen LogP contribution >= 0.6 is 11.3 Å². The lowest BCUT2D eigenvalue weighted by molar-refractivity contribution is 0.0900. The van der Waals surface area contributed by atoms with Crippen molar-refractivity contribution in [1.29, 1.82) is 0 Å². The number of rotatable bonds is 4. The van der Waals surface area contributed by atoms with E-state index in [-0.39, 0.29) is 24.5 Å². The van der Waals surface area contributed by atoms with Crippen molar-refractivity contribution < 1.29 is 9.90 Å². The molecule has 1 fully saturated rings. The fraction of sp³-hybridized carbons (Fsp3) is 0.500. The van der Waals surface area contributed by atoms with Gasteiger partial charge >= 0.3 is 0 Å². The number of aliphatic hydroxyl groups is 1. The molecule has 2 aromatic heterocycles. The predicted octanol–water partition coefficient (Wildman–Crippen LogP) is 2.81. The molecule has 0 aromatic carbocycles. The van der Waals surface area contributed by atoms with Gasteiger partial charge in [0.2, 0.25) is 0 Å². The molecule has 2 heterocycles. The van der Waals surface area contributed by atoms with Gasteiger partial charge < -0.3 is 10.4 Å². The molecule has 118 valence electrons. The van der Waals surface area contributed by atoms with Crippen LogP contribution in [-0.2, 0) is 0 Å². The summed E-state index contributed by atoms with van der Waals surface area (Å²) in [4.78, 5) is 12.6. The number of nitrogens with zero attached hydrogens (tertiary/aromatic N) is 1. The summed E-state index contributed by atoms with van der Waals surface area (Å²) in [6.45, 7) is 0.133. The van der Waals surface area contributed by atoms with Gasteiger partial charge in [-0.05, 0) is 24.3 Å². The highest BCUT2D eigenvalue weighted by Crippen LogP contribution is 2.26. The Labute approximate surface area is 133 Å². The minimum atomic E-state index is -0.111. The van der Waals surface area contributed by atoms with Crippen molar-refractivity contribution in [2.75, 3.05) is 6.61 Å². The molecule has 6 heteroatoms. The fourth-order valence-corrected chi connectivity index (χ4v) is 3.77. The van der Waals surface area contributed by atoms with E-state index in [1.165, 1.54) is 6.42 Å². The number of H-pyrrole nitrogens is 1. The van der Waals surface area contributed by atoms with Crippen molar-refractivity contribution in [3.63, 3.8) is 0 Å². The molecular weight excluding hydrogens is 298 g/mol. The van der Waals surface area contributed by atoms with E-state index in [4.69, 9.17) is 0 Å². The van der Waals surface area contributed by atoms with E-state index in [1.807, 2.05) is 16.8 Å². The quantitative estimate of drug-likeness (QED) is 0.758. The van der Waals surface area contributed by atoms with Crippen LogP contribution in [0.4, 0.5) is 0 Å². The van der Waals surface area contributed by atoms with E-state index in [9.17, 15) is 9.90 Å². The molecular formula is C16H21N3O2S. The van der Waals surface area contributed by atoms with Gasteiger partial charge in [-0.3, -0.25) is 9.89 Å². The molecule has 3 rings (SSSR count). The number of aromatic nitrogens is 2. The molecule has 22 heavy (non-hydrogen) atoms. The van der Waals surface area contributed by atoms with Gasteiger partial charge in [-0.15, -0.1) is 0 Å². The number of thiophene rings is 1. The fourth-order valence-electron chi connectivity index (χ4n) is 3.12. The smallest absolute Gasteiger partial charge is 0.255 e. The Morgan fingerprint density at radius 2 is 2.27 bits per heavy atom. The number of aromatic amines is 1. The maximum Gasteiger partial charge on any atom is 0.255 e. The molecule has 0 aliphatic heterocycles. The van der Waals surface area contributed by atoms with Crippen molar-refractivity contribution in [3.8, 4) is 11.3 Å². The molecule has 5 nitrogen and oxygen atoms in total. The number of amides is 1. The first kappa shape index (κ1) is 15.2. The lowest BCUT2D eigenvalue weighted by Gasteiger charge is -2.24. The van der Waals surface area contributed by atoms with E-state index >= 15 is 0 Å². The van der Waals surface area contributed by atoms with Crippen LogP contribution in [0.25, 0.3) is 11.3 Å². The Balaban J connectivity index is 1.75. The molecule has 0 bridgehead atoms. The van der Waals surface area contributed by atoms with Crippen LogP contribution in [-0.4, -0.2) is 33.9 Å². The predicted molar refractivity (Wildman–Crippen MR) is 86.8 cm³/mol. The van der Waals surface area contributed by atoms with E-state index in [0.717, 1.165) is 36.9 Å². The zero-order valence-electron chi connectivity index (χ0n) is 12.4. The Bertz CT molecular complexity index is 609. The second-order valence-corrected chi connectivity index (χ2v) is 6.61. The first-order valence-corrected chi connectivity index (χ1v) is 8.71. The maximum absolute atomic E-state index is 12.6. The van der Waals surface area contributed by atoms with E-state index in [1.54, 1.807) is 17.5 Å². The Hall–Kier alpha value is -1.66. The van der Waals surface area contributed by atoms with Crippen molar-refractivity contribution in [2.45, 2.75) is 38.1 Å². The van der Waals surface area contributed by atoms with Crippen molar-refractivity contribution in [1.82, 2.24) is 15.5 Å². The van der Waals surface area contributed by atoms with Crippen molar-refractivity contribution in [3.05, 3.63) is 28.6 Å². The molecule has 0 saturated heterocycles. The molecule has 0 unspecified atom stereocenters. The zero-order chi connectivity index (χ0) is 15.4. The second-order valence-electron chi connectivity index (χ2n) is 5.83. The van der Waals surface area contributed by atoms with Crippen LogP contribution in [0.15, 0.2) is 23.0 Å². The van der Waals surface area contributed by atoms with Gasteiger partial charge in [0.25, 0.3) is 5.91 Å². The molecule has 0 radical (unpaired) electrons. The van der Waals surface area contributed by atoms with Crippen LogP contribution in [0.5, 0.6) is 0 Å². The van der Waals surface area contributed by atoms with Crippen LogP contribution in [0, 0.1) is 5.92 Å². The summed E-state index contributed by atoms with van der Waals surface area (Å²) in [7, 11) is 0. The average Bonchev–Trinajstić information content (AvgIpc) is 3.16. The van der Waals surface area contributed by atoms with Crippen molar-refractivity contribution >= 4 is 17.2 Å². The number of carbonyl (C=O) groups excluding carboxylic acids is 1. The minimum absolute atomic E-state index is 0.0465. The molecule has 2 aromatic rings. The topological polar surface area (TPSA) is 78.0 Å². The van der Waals surface area contributed by atoms with Gasteiger partial charge in [-0.1, -0.05) is 19.3 Å². The number of carbonyl (C=O) groups is 1. The highest BCUT2D eigenvalue weighted by molar-refractivity contribution is 7.08. The van der Waals surface area contributed by atoms with E-state index in [2.05, 4.69) is 15.5 Å². The summed E-state index contributed by atoms with van der Waals surface area (Å²) in [5.74, 6) is 0.0447. The molecule has 1 saturated carbocycles. The van der Waals surface area contributed by atoms with Crippen LogP contribution in [0.1, 0.15) is 42.5 Å². The number of nitrogens with one attached hydrogen (secondary N) is 2. The van der Waals surface area contributed by atoms with Gasteiger partial charge in [0.1, 0.15) is 0 Å². The summed E-state index contributed by atoms with van der Waals surface area (Å²) in [5.41, 5.74) is 2.31. The van der Waals surface area contributed by atoms with Gasteiger partial charge in [-0.2, -0.15) is 16.4 Å². The van der Waals surface area contributed by atoms with Gasteiger partial charge in [0, 0.05) is 29.5 Å². The third-order valence-electron chi connectivity index (χ3n) is 4.40. The average molecular weight is 319 g/mol. The summed E-state index contributed by atoms with van der Waals surface area (Å²) >= 11 is 1.59. The highest BCUT2D eigenvalue weighted by Gasteiger charge is 2.26. The Morgan fingerprint density at radius 1 is 1.41 bits per heavy atom. The molecule has 2 atom stereocenters. The SMILES string of the molecule is O=C(N[C@H]1CCCCC[C@H]1CO)c1cn[nH]c1-c1ccsc1. The zero-order valence-corrected chi connectivity index (χ0v) is 13.2. The van der Waals surface area contributed by atoms with Gasteiger partial charge in [-0.25, -0.2) is 0 Å². The first-order chi connectivity index (χ1) is 10.8. The van der Waals surface area contributed by atoms with Crippen molar-refractivity contribution in [2.24, 2.45) is 5.92 Å². The van der Waals surface area contributed by atoms with E-state index < -0.39 is 0 Å². The Kier molecular flexibility index (Phi) is 4.90. The Morgan fingerprint density at radius 3 is 3.05 bits per heavy atom. The second kappa shape index (κ2) is 7.07. The van der Waals surface area contributed by atoms with Crippen LogP contribution in [0.2, 0.25) is 0 Å². The summed E-state index contributed by atoms with van der Waals surface area (Å²) < 4.78 is 0. The van der Waals surface area contributed by atoms with Crippen LogP contribution < -0.4 is 5.32 Å². The lowest BCUT2D eigenvalue weighted by Crippen LogP contribution is -2.41. The van der Waals surface area contributed by atoms with Gasteiger partial charge in [0.05, 0.1) is 17.5 Å². The summed E-state index contributed by atoms with van der Waals surface area (Å²) in [5, 5.41) is 23.6. The third kappa shape index (κ3) is 3.23. The largest absolute Gasteiger partial charge is 0.396 e. The summed E-state index contributed by atoms with van der Waals surface area (Å²) in [6, 6.07) is 2.02. The third-order valence-corrected chi connectivity index (χ3v) is 5.09. The molecule has 0 spiro atoms. The summed E-state index contributed by atoms with van der Waals surface area (Å²) in [6.07, 6.45) is 6.89. The van der Waals surface area contributed by atoms with Crippen LogP contribution in [0.3, 0.4) is 0 Å². The monoisotopic (exact) mass is 319 g/mol. The number of aliphatic hydroxyl groups excluding tert-OH is 1. The molecule has 3 N–H and O–H groups in total. The molecule has 1 amide bonds. The standard InChI is InChI=1S/C16H21N3O2S/c20-9-11-4-2-1-3-5-14(11)18-16(21)13-8-17-19-15(13)12-6-7-22-10-12/h6-8,10-11,14,20H,1-5,9H2,(H,17,19)(H,18,21)/t11-,14-/m0/s1. The molecule has 1 aliphatic carbocycles. The van der Waals surface area contributed by atoms with E-state index in [0.29, 0.717) is 5.56 Å². The minimum Gasteiger partial charge on any atom is -0.396 e. The number of hydrogen-bond donors (Lipinski definition) is 3. The lowest BCUT2D eigenvalue weighted by atomic mass is 9.95.